The number of nitrogens with zero attached hydrogens (tertiary/aromatic N) is 3. The largest absolute Gasteiger partial charge is 0.301 e. The van der Waals surface area contributed by atoms with Crippen LogP contribution in [0.1, 0.15) is 42.2 Å². The van der Waals surface area contributed by atoms with Crippen molar-refractivity contribution >= 4 is 38.2 Å². The number of rotatable bonds is 8. The molecule has 1 aromatic heterocycles. The summed E-state index contributed by atoms with van der Waals surface area (Å²) in [6, 6.07) is 5.66. The normalized spacial score (nSPS) is 15.3. The van der Waals surface area contributed by atoms with Crippen molar-refractivity contribution in [2.75, 3.05) is 32.0 Å². The zero-order chi connectivity index (χ0) is 21.7. The van der Waals surface area contributed by atoms with E-state index >= 15 is 0 Å². The molecule has 0 unspecified atom stereocenters. The number of carbonyl (C=O) groups excluding carboxylic acids is 2. The topological polar surface area (TPSA) is 99.7 Å². The van der Waals surface area contributed by atoms with Crippen molar-refractivity contribution in [3.8, 4) is 0 Å². The van der Waals surface area contributed by atoms with E-state index in [4.69, 9.17) is 0 Å². The molecular formula is C20H26N4O4S2. The SMILES string of the molecule is CC(=O)c1ccc(S(=O)(=O)N(C)CC(=O)Nc2nc(CN3CCCCC3)cs2)cc1. The Morgan fingerprint density at radius 3 is 2.47 bits per heavy atom. The second-order valence-electron chi connectivity index (χ2n) is 7.37. The minimum atomic E-state index is -3.85. The maximum absolute atomic E-state index is 12.7. The number of Topliss-reactive ketones (excluding diaryl/α,β-unsaturated/α-hetero) is 1. The monoisotopic (exact) mass is 450 g/mol. The van der Waals surface area contributed by atoms with Crippen molar-refractivity contribution in [3.05, 3.63) is 40.9 Å². The molecule has 0 spiro atoms. The van der Waals surface area contributed by atoms with Crippen molar-refractivity contribution in [3.63, 3.8) is 0 Å². The van der Waals surface area contributed by atoms with Crippen LogP contribution in [-0.2, 0) is 21.4 Å². The number of amides is 1. The Morgan fingerprint density at radius 2 is 1.83 bits per heavy atom. The maximum atomic E-state index is 12.7. The van der Waals surface area contributed by atoms with Gasteiger partial charge in [-0.15, -0.1) is 11.3 Å². The van der Waals surface area contributed by atoms with Gasteiger partial charge >= 0.3 is 0 Å². The van der Waals surface area contributed by atoms with E-state index in [1.807, 2.05) is 5.38 Å². The van der Waals surface area contributed by atoms with Gasteiger partial charge in [0.2, 0.25) is 15.9 Å². The minimum absolute atomic E-state index is 0.0286. The number of ketones is 1. The number of hydrogen-bond acceptors (Lipinski definition) is 7. The summed E-state index contributed by atoms with van der Waals surface area (Å²) in [5.41, 5.74) is 1.34. The third kappa shape index (κ3) is 5.72. The molecule has 30 heavy (non-hydrogen) atoms. The Balaban J connectivity index is 1.56. The zero-order valence-electron chi connectivity index (χ0n) is 17.1. The van der Waals surface area contributed by atoms with Crippen molar-refractivity contribution in [2.24, 2.45) is 0 Å². The predicted octanol–water partition coefficient (Wildman–Crippen LogP) is 2.59. The Kier molecular flexibility index (Phi) is 7.35. The number of anilines is 1. The number of piperidine rings is 1. The molecule has 1 fully saturated rings. The van der Waals surface area contributed by atoms with Crippen LogP contribution in [0.5, 0.6) is 0 Å². The first-order valence-corrected chi connectivity index (χ1v) is 12.1. The fourth-order valence-corrected chi connectivity index (χ4v) is 5.12. The van der Waals surface area contributed by atoms with Gasteiger partial charge in [-0.2, -0.15) is 4.31 Å². The van der Waals surface area contributed by atoms with Gasteiger partial charge in [0, 0.05) is 24.5 Å². The molecular weight excluding hydrogens is 424 g/mol. The summed E-state index contributed by atoms with van der Waals surface area (Å²) in [4.78, 5) is 30.5. The molecule has 0 aliphatic carbocycles. The van der Waals surface area contributed by atoms with Gasteiger partial charge in [0.25, 0.3) is 0 Å². The number of nitrogens with one attached hydrogen (secondary N) is 1. The van der Waals surface area contributed by atoms with Crippen LogP contribution in [-0.4, -0.2) is 61.0 Å². The minimum Gasteiger partial charge on any atom is -0.301 e. The predicted molar refractivity (Wildman–Crippen MR) is 116 cm³/mol. The van der Waals surface area contributed by atoms with Gasteiger partial charge in [-0.05, 0) is 45.0 Å². The molecule has 1 aliphatic rings. The molecule has 0 bridgehead atoms. The van der Waals surface area contributed by atoms with Crippen molar-refractivity contribution in [2.45, 2.75) is 37.6 Å². The second-order valence-corrected chi connectivity index (χ2v) is 10.3. The van der Waals surface area contributed by atoms with Gasteiger partial charge in [0.1, 0.15) is 0 Å². The van der Waals surface area contributed by atoms with Gasteiger partial charge in [-0.25, -0.2) is 13.4 Å². The summed E-state index contributed by atoms with van der Waals surface area (Å²) in [7, 11) is -2.50. The number of likely N-dealkylation sites (N-methyl/N-ethyl adjacent to an activating group) is 1. The highest BCUT2D eigenvalue weighted by atomic mass is 32.2. The van der Waals surface area contributed by atoms with Crippen molar-refractivity contribution in [1.82, 2.24) is 14.2 Å². The second kappa shape index (κ2) is 9.78. The lowest BCUT2D eigenvalue weighted by atomic mass is 10.1. The van der Waals surface area contributed by atoms with Gasteiger partial charge in [0.05, 0.1) is 17.1 Å². The average molecular weight is 451 g/mol. The van der Waals surface area contributed by atoms with Crippen LogP contribution in [0.2, 0.25) is 0 Å². The summed E-state index contributed by atoms with van der Waals surface area (Å²) in [5, 5.41) is 5.06. The first-order valence-electron chi connectivity index (χ1n) is 9.79. The van der Waals surface area contributed by atoms with E-state index in [9.17, 15) is 18.0 Å². The number of likely N-dealkylation sites (tertiary alicyclic amines) is 1. The number of carbonyl (C=O) groups is 2. The van der Waals surface area contributed by atoms with Crippen LogP contribution in [0, 0.1) is 0 Å². The third-order valence-electron chi connectivity index (χ3n) is 4.97. The fourth-order valence-electron chi connectivity index (χ4n) is 3.27. The molecule has 1 aromatic carbocycles. The Bertz CT molecular complexity index is 996. The molecule has 10 heteroatoms. The zero-order valence-corrected chi connectivity index (χ0v) is 18.8. The van der Waals surface area contributed by atoms with Gasteiger partial charge in [0.15, 0.2) is 10.9 Å². The first-order chi connectivity index (χ1) is 14.3. The highest BCUT2D eigenvalue weighted by Gasteiger charge is 2.23. The van der Waals surface area contributed by atoms with Crippen LogP contribution < -0.4 is 5.32 Å². The Morgan fingerprint density at radius 1 is 1.17 bits per heavy atom. The average Bonchev–Trinajstić information content (AvgIpc) is 3.15. The maximum Gasteiger partial charge on any atom is 0.243 e. The summed E-state index contributed by atoms with van der Waals surface area (Å²) in [6.45, 7) is 3.97. The van der Waals surface area contributed by atoms with Crippen LogP contribution in [0.25, 0.3) is 0 Å². The smallest absolute Gasteiger partial charge is 0.243 e. The lowest BCUT2D eigenvalue weighted by Gasteiger charge is -2.25. The molecule has 0 saturated carbocycles. The molecule has 0 radical (unpaired) electrons. The summed E-state index contributed by atoms with van der Waals surface area (Å²) in [6.07, 6.45) is 3.67. The molecule has 1 amide bonds. The quantitative estimate of drug-likeness (QED) is 0.621. The van der Waals surface area contributed by atoms with Crippen LogP contribution in [0.3, 0.4) is 0 Å². The number of thiazole rings is 1. The molecule has 1 N–H and O–H groups in total. The summed E-state index contributed by atoms with van der Waals surface area (Å²) >= 11 is 1.33. The molecule has 8 nitrogen and oxygen atoms in total. The van der Waals surface area contributed by atoms with E-state index in [1.165, 1.54) is 68.8 Å². The summed E-state index contributed by atoms with van der Waals surface area (Å²) in [5.74, 6) is -0.602. The van der Waals surface area contributed by atoms with Crippen LogP contribution in [0.4, 0.5) is 5.13 Å². The molecule has 1 aliphatic heterocycles. The van der Waals surface area contributed by atoms with Crippen molar-refractivity contribution in [1.29, 1.82) is 0 Å². The highest BCUT2D eigenvalue weighted by molar-refractivity contribution is 7.89. The van der Waals surface area contributed by atoms with E-state index in [0.29, 0.717) is 10.7 Å². The van der Waals surface area contributed by atoms with Crippen LogP contribution in [0.15, 0.2) is 34.5 Å². The number of hydrogen-bond donors (Lipinski definition) is 1. The molecule has 0 atom stereocenters. The van der Waals surface area contributed by atoms with Gasteiger partial charge in [-0.1, -0.05) is 18.6 Å². The standard InChI is InChI=1S/C20H26N4O4S2/c1-15(25)16-6-8-18(9-7-16)30(27,28)23(2)13-19(26)22-20-21-17(14-29-20)12-24-10-4-3-5-11-24/h6-9,14H,3-5,10-13H2,1-2H3,(H,21,22,26). The number of benzene rings is 1. The molecule has 162 valence electrons. The molecule has 1 saturated heterocycles. The van der Waals surface area contributed by atoms with E-state index in [1.54, 1.807) is 0 Å². The van der Waals surface area contributed by atoms with E-state index in [0.717, 1.165) is 29.6 Å². The lowest BCUT2D eigenvalue weighted by molar-refractivity contribution is -0.116. The number of sulfonamides is 1. The van der Waals surface area contributed by atoms with Crippen molar-refractivity contribution < 1.29 is 18.0 Å². The third-order valence-corrected chi connectivity index (χ3v) is 7.59. The molecule has 3 rings (SSSR count). The first kappa shape index (κ1) is 22.5. The lowest BCUT2D eigenvalue weighted by Crippen LogP contribution is -2.35. The Hall–Kier alpha value is -2.14. The van der Waals surface area contributed by atoms with E-state index < -0.39 is 15.9 Å². The van der Waals surface area contributed by atoms with E-state index in [2.05, 4.69) is 15.2 Å². The Labute approximate surface area is 181 Å². The number of aromatic nitrogens is 1. The molecule has 2 heterocycles. The van der Waals surface area contributed by atoms with Gasteiger partial charge in [-0.3, -0.25) is 14.5 Å². The molecule has 2 aromatic rings. The highest BCUT2D eigenvalue weighted by Crippen LogP contribution is 2.20. The van der Waals surface area contributed by atoms with E-state index in [-0.39, 0.29) is 17.2 Å². The summed E-state index contributed by atoms with van der Waals surface area (Å²) < 4.78 is 26.3. The van der Waals surface area contributed by atoms with Gasteiger partial charge < -0.3 is 5.32 Å². The van der Waals surface area contributed by atoms with Crippen LogP contribution >= 0.6 is 11.3 Å². The fraction of sp³-hybridized carbons (Fsp3) is 0.450.